The second-order valence-electron chi connectivity index (χ2n) is 3.70. The van der Waals surface area contributed by atoms with Gasteiger partial charge in [-0.1, -0.05) is 0 Å². The van der Waals surface area contributed by atoms with E-state index in [-0.39, 0.29) is 16.9 Å². The van der Waals surface area contributed by atoms with E-state index in [1.807, 2.05) is 0 Å². The lowest BCUT2D eigenvalue weighted by Crippen LogP contribution is -2.17. The van der Waals surface area contributed by atoms with Crippen LogP contribution in [-0.4, -0.2) is 21.1 Å². The van der Waals surface area contributed by atoms with Gasteiger partial charge in [0.2, 0.25) is 0 Å². The highest BCUT2D eigenvalue weighted by Crippen LogP contribution is 2.29. The summed E-state index contributed by atoms with van der Waals surface area (Å²) in [5.41, 5.74) is 0.319. The van der Waals surface area contributed by atoms with Gasteiger partial charge in [0.1, 0.15) is 18.1 Å². The zero-order chi connectivity index (χ0) is 13.3. The van der Waals surface area contributed by atoms with Gasteiger partial charge in [0.05, 0.1) is 6.20 Å². The number of hydrogen-bond donors (Lipinski definition) is 1. The summed E-state index contributed by atoms with van der Waals surface area (Å²) in [6.07, 6.45) is -2.14. The summed E-state index contributed by atoms with van der Waals surface area (Å²) in [5.74, 6) is -0.811. The van der Waals surface area contributed by atoms with Crippen molar-refractivity contribution < 1.29 is 22.7 Å². The van der Waals surface area contributed by atoms with Crippen LogP contribution in [0.5, 0.6) is 5.75 Å². The van der Waals surface area contributed by atoms with E-state index >= 15 is 0 Å². The average Bonchev–Trinajstić information content (AvgIpc) is 2.67. The van der Waals surface area contributed by atoms with Crippen molar-refractivity contribution in [2.75, 3.05) is 0 Å². The zero-order valence-corrected chi connectivity index (χ0v) is 8.95. The van der Waals surface area contributed by atoms with Gasteiger partial charge in [-0.25, -0.2) is 4.39 Å². The van der Waals surface area contributed by atoms with E-state index < -0.39 is 18.5 Å². The van der Waals surface area contributed by atoms with Gasteiger partial charge in [-0.05, 0) is 18.2 Å². The fraction of sp³-hybridized carbons (Fsp3) is 0.182. The molecule has 2 rings (SSSR count). The van der Waals surface area contributed by atoms with Crippen LogP contribution in [-0.2, 0) is 6.54 Å². The molecule has 3 nitrogen and oxygen atoms in total. The van der Waals surface area contributed by atoms with Gasteiger partial charge in [-0.2, -0.15) is 18.3 Å². The minimum absolute atomic E-state index is 0.100. The van der Waals surface area contributed by atoms with Crippen LogP contribution in [0.15, 0.2) is 30.6 Å². The molecule has 96 valence electrons. The van der Waals surface area contributed by atoms with Crippen molar-refractivity contribution in [1.29, 1.82) is 0 Å². The zero-order valence-electron chi connectivity index (χ0n) is 8.95. The first-order valence-electron chi connectivity index (χ1n) is 4.93. The Hall–Kier alpha value is -2.05. The molecule has 0 aliphatic rings. The second-order valence-corrected chi connectivity index (χ2v) is 3.70. The molecule has 18 heavy (non-hydrogen) atoms. The molecule has 0 atom stereocenters. The van der Waals surface area contributed by atoms with Crippen LogP contribution in [0.1, 0.15) is 0 Å². The van der Waals surface area contributed by atoms with Crippen molar-refractivity contribution in [2.45, 2.75) is 12.7 Å². The maximum absolute atomic E-state index is 13.0. The summed E-state index contributed by atoms with van der Waals surface area (Å²) in [6, 6.07) is 3.22. The van der Waals surface area contributed by atoms with Crippen LogP contribution in [0.2, 0.25) is 0 Å². The second kappa shape index (κ2) is 4.32. The van der Waals surface area contributed by atoms with Crippen LogP contribution in [0.4, 0.5) is 17.6 Å². The van der Waals surface area contributed by atoms with E-state index in [2.05, 4.69) is 5.10 Å². The molecular formula is C11H8F4N2O. The molecule has 2 aromatic rings. The van der Waals surface area contributed by atoms with Crippen molar-refractivity contribution in [1.82, 2.24) is 9.78 Å². The van der Waals surface area contributed by atoms with E-state index in [1.54, 1.807) is 0 Å². The van der Waals surface area contributed by atoms with Crippen molar-refractivity contribution >= 4 is 0 Å². The van der Waals surface area contributed by atoms with Crippen molar-refractivity contribution in [2.24, 2.45) is 0 Å². The number of phenolic OH excluding ortho intramolecular Hbond substituents is 1. The fourth-order valence-corrected chi connectivity index (χ4v) is 1.51. The van der Waals surface area contributed by atoms with Gasteiger partial charge < -0.3 is 5.11 Å². The summed E-state index contributed by atoms with van der Waals surface area (Å²) in [5, 5.41) is 13.0. The first-order valence-corrected chi connectivity index (χ1v) is 4.93. The molecule has 0 amide bonds. The number of rotatable bonds is 2. The minimum Gasteiger partial charge on any atom is -0.507 e. The molecule has 7 heteroatoms. The van der Waals surface area contributed by atoms with E-state index in [1.165, 1.54) is 0 Å². The van der Waals surface area contributed by atoms with Crippen LogP contribution < -0.4 is 0 Å². The minimum atomic E-state index is -4.38. The number of alkyl halides is 3. The maximum Gasteiger partial charge on any atom is 0.408 e. The number of phenols is 1. The maximum atomic E-state index is 13.0. The van der Waals surface area contributed by atoms with Crippen molar-refractivity contribution in [3.05, 3.63) is 36.4 Å². The first-order chi connectivity index (χ1) is 8.35. The lowest BCUT2D eigenvalue weighted by Gasteiger charge is -2.05. The molecule has 1 aromatic carbocycles. The molecule has 0 bridgehead atoms. The molecule has 0 aliphatic carbocycles. The molecule has 0 saturated heterocycles. The Bertz CT molecular complexity index is 562. The van der Waals surface area contributed by atoms with Crippen molar-refractivity contribution in [3.8, 4) is 16.9 Å². The average molecular weight is 260 g/mol. The topological polar surface area (TPSA) is 38.1 Å². The highest BCUT2D eigenvalue weighted by atomic mass is 19.4. The van der Waals surface area contributed by atoms with Gasteiger partial charge in [0.15, 0.2) is 0 Å². The standard InChI is InChI=1S/C11H8F4N2O/c12-8-1-2-10(18)9(3-8)7-4-16-17(5-7)6-11(13,14)15/h1-5,18H,6H2. The highest BCUT2D eigenvalue weighted by molar-refractivity contribution is 5.68. The molecule has 0 aliphatic heterocycles. The van der Waals surface area contributed by atoms with Crippen LogP contribution >= 0.6 is 0 Å². The number of aromatic nitrogens is 2. The fourth-order valence-electron chi connectivity index (χ4n) is 1.51. The lowest BCUT2D eigenvalue weighted by molar-refractivity contribution is -0.142. The molecule has 0 spiro atoms. The largest absolute Gasteiger partial charge is 0.507 e. The number of nitrogens with zero attached hydrogens (tertiary/aromatic N) is 2. The smallest absolute Gasteiger partial charge is 0.408 e. The molecule has 0 radical (unpaired) electrons. The number of halogens is 4. The number of hydrogen-bond acceptors (Lipinski definition) is 2. The summed E-state index contributed by atoms with van der Waals surface area (Å²) in [6.45, 7) is -1.23. The Morgan fingerprint density at radius 3 is 2.67 bits per heavy atom. The third kappa shape index (κ3) is 2.79. The van der Waals surface area contributed by atoms with Gasteiger partial charge in [0.25, 0.3) is 0 Å². The molecule has 0 fully saturated rings. The summed E-state index contributed by atoms with van der Waals surface area (Å²) in [4.78, 5) is 0. The summed E-state index contributed by atoms with van der Waals surface area (Å²) < 4.78 is 50.1. The quantitative estimate of drug-likeness (QED) is 0.843. The van der Waals surface area contributed by atoms with Gasteiger partial charge in [-0.15, -0.1) is 0 Å². The lowest BCUT2D eigenvalue weighted by atomic mass is 10.1. The predicted molar refractivity (Wildman–Crippen MR) is 55.3 cm³/mol. The van der Waals surface area contributed by atoms with E-state index in [9.17, 15) is 22.7 Å². The van der Waals surface area contributed by atoms with Gasteiger partial charge >= 0.3 is 6.18 Å². The molecule has 0 unspecified atom stereocenters. The summed E-state index contributed by atoms with van der Waals surface area (Å²) in [7, 11) is 0. The normalized spacial score (nSPS) is 11.8. The Labute approximate surface area is 99.3 Å². The van der Waals surface area contributed by atoms with Crippen LogP contribution in [0.3, 0.4) is 0 Å². The van der Waals surface area contributed by atoms with E-state index in [0.717, 1.165) is 30.6 Å². The monoisotopic (exact) mass is 260 g/mol. The predicted octanol–water partition coefficient (Wildman–Crippen LogP) is 2.96. The first kappa shape index (κ1) is 12.4. The third-order valence-electron chi connectivity index (χ3n) is 2.24. The van der Waals surface area contributed by atoms with Crippen LogP contribution in [0.25, 0.3) is 11.1 Å². The van der Waals surface area contributed by atoms with E-state index in [0.29, 0.717) is 4.68 Å². The Morgan fingerprint density at radius 2 is 2.00 bits per heavy atom. The molecule has 1 aromatic heterocycles. The molecule has 1 N–H and O–H groups in total. The Balaban J connectivity index is 2.32. The van der Waals surface area contributed by atoms with Gasteiger partial charge in [0, 0.05) is 17.3 Å². The summed E-state index contributed by atoms with van der Waals surface area (Å²) >= 11 is 0. The Kier molecular flexibility index (Phi) is 2.98. The van der Waals surface area contributed by atoms with E-state index in [4.69, 9.17) is 0 Å². The highest BCUT2D eigenvalue weighted by Gasteiger charge is 2.28. The molecule has 1 heterocycles. The Morgan fingerprint density at radius 1 is 1.28 bits per heavy atom. The molecule has 0 saturated carbocycles. The number of benzene rings is 1. The van der Waals surface area contributed by atoms with Gasteiger partial charge in [-0.3, -0.25) is 4.68 Å². The third-order valence-corrected chi connectivity index (χ3v) is 2.24. The van der Waals surface area contributed by atoms with Crippen LogP contribution in [0, 0.1) is 5.82 Å². The SMILES string of the molecule is Oc1ccc(F)cc1-c1cnn(CC(F)(F)F)c1. The number of aromatic hydroxyl groups is 1. The molecular weight excluding hydrogens is 252 g/mol. The van der Waals surface area contributed by atoms with Crippen molar-refractivity contribution in [3.63, 3.8) is 0 Å².